The van der Waals surface area contributed by atoms with Gasteiger partial charge in [0.1, 0.15) is 0 Å². The highest BCUT2D eigenvalue weighted by atomic mass is 15.0. The Morgan fingerprint density at radius 1 is 0.476 bits per heavy atom. The summed E-state index contributed by atoms with van der Waals surface area (Å²) in [6, 6.07) is 39.1. The van der Waals surface area contributed by atoms with Crippen LogP contribution in [0.25, 0.3) is 67.2 Å². The van der Waals surface area contributed by atoms with Crippen molar-refractivity contribution in [3.05, 3.63) is 127 Å². The lowest BCUT2D eigenvalue weighted by molar-refractivity contribution is 0.871. The van der Waals surface area contributed by atoms with Crippen LogP contribution in [0.3, 0.4) is 0 Å². The van der Waals surface area contributed by atoms with Gasteiger partial charge in [0.25, 0.3) is 0 Å². The zero-order valence-electron chi connectivity index (χ0n) is 23.8. The van der Waals surface area contributed by atoms with Crippen molar-refractivity contribution in [2.24, 2.45) is 0 Å². The van der Waals surface area contributed by atoms with Gasteiger partial charge in [-0.25, -0.2) is 19.9 Å². The van der Waals surface area contributed by atoms with E-state index in [2.05, 4.69) is 75.4 Å². The van der Waals surface area contributed by atoms with Crippen LogP contribution in [0.1, 0.15) is 31.0 Å². The van der Waals surface area contributed by atoms with Gasteiger partial charge in [-0.2, -0.15) is 0 Å². The molecule has 202 valence electrons. The minimum absolute atomic E-state index is 0.405. The first-order valence-corrected chi connectivity index (χ1v) is 14.2. The third-order valence-corrected chi connectivity index (χ3v) is 7.56. The van der Waals surface area contributed by atoms with E-state index >= 15 is 0 Å². The van der Waals surface area contributed by atoms with E-state index in [4.69, 9.17) is 24.9 Å². The lowest BCUT2D eigenvalue weighted by Crippen LogP contribution is -2.00. The average molecular weight is 544 g/mol. The molecule has 5 heteroatoms. The predicted molar refractivity (Wildman–Crippen MR) is 171 cm³/mol. The highest BCUT2D eigenvalue weighted by Gasteiger charge is 2.14. The summed E-state index contributed by atoms with van der Waals surface area (Å²) in [4.78, 5) is 24.6. The number of fused-ring (bicyclic) bond motifs is 3. The highest BCUT2D eigenvalue weighted by Crippen LogP contribution is 2.32. The van der Waals surface area contributed by atoms with Crippen LogP contribution in [-0.2, 0) is 0 Å². The Bertz CT molecular complexity index is 1990. The van der Waals surface area contributed by atoms with Crippen LogP contribution >= 0.6 is 0 Å². The van der Waals surface area contributed by atoms with Gasteiger partial charge >= 0.3 is 0 Å². The second-order valence-electron chi connectivity index (χ2n) is 10.9. The molecule has 0 saturated heterocycles. The highest BCUT2D eigenvalue weighted by molar-refractivity contribution is 6.04. The number of pyridine rings is 2. The van der Waals surface area contributed by atoms with E-state index < -0.39 is 0 Å². The van der Waals surface area contributed by atoms with Crippen LogP contribution in [0.2, 0.25) is 0 Å². The topological polar surface area (TPSA) is 64.5 Å². The molecule has 3 aromatic heterocycles. The second kappa shape index (κ2) is 10.6. The summed E-state index contributed by atoms with van der Waals surface area (Å²) >= 11 is 0. The monoisotopic (exact) mass is 543 g/mol. The second-order valence-corrected chi connectivity index (χ2v) is 10.9. The summed E-state index contributed by atoms with van der Waals surface area (Å²) in [6.45, 7) is 6.50. The fraction of sp³-hybridized carbons (Fsp3) is 0.108. The van der Waals surface area contributed by atoms with Gasteiger partial charge in [0.2, 0.25) is 0 Å². The molecule has 0 spiro atoms. The number of benzene rings is 4. The molecule has 0 aliphatic carbocycles. The summed E-state index contributed by atoms with van der Waals surface area (Å²) in [5, 5.41) is 2.25. The molecule has 7 aromatic rings. The molecule has 0 N–H and O–H groups in total. The van der Waals surface area contributed by atoms with Gasteiger partial charge in [0, 0.05) is 38.7 Å². The van der Waals surface area contributed by atoms with Crippen molar-refractivity contribution < 1.29 is 0 Å². The van der Waals surface area contributed by atoms with E-state index in [1.54, 1.807) is 0 Å². The van der Waals surface area contributed by atoms with Crippen LogP contribution in [0.5, 0.6) is 0 Å². The number of nitrogens with zero attached hydrogens (tertiary/aromatic N) is 5. The summed E-state index contributed by atoms with van der Waals surface area (Å²) in [7, 11) is 0. The number of hydrogen-bond acceptors (Lipinski definition) is 5. The van der Waals surface area contributed by atoms with Crippen molar-refractivity contribution in [2.45, 2.75) is 26.7 Å². The van der Waals surface area contributed by atoms with Gasteiger partial charge in [0.15, 0.2) is 17.5 Å². The normalized spacial score (nSPS) is 11.4. The number of aromatic nitrogens is 5. The molecule has 0 aliphatic heterocycles. The molecule has 3 heterocycles. The SMILES string of the molecule is Cc1cc(C(C)C)c2ccc3ccc(-c4ccc(-c5nc(-c6ccccc6)nc(-c6ccccc6)n5)cc4)nc3c2n1. The molecule has 0 bridgehead atoms. The molecule has 0 unspecified atom stereocenters. The molecule has 42 heavy (non-hydrogen) atoms. The van der Waals surface area contributed by atoms with E-state index in [1.165, 1.54) is 10.9 Å². The minimum Gasteiger partial charge on any atom is -0.251 e. The van der Waals surface area contributed by atoms with Gasteiger partial charge in [-0.05, 0) is 30.5 Å². The summed E-state index contributed by atoms with van der Waals surface area (Å²) in [5.41, 5.74) is 8.95. The Morgan fingerprint density at radius 2 is 1.00 bits per heavy atom. The molecule has 0 atom stereocenters. The summed E-state index contributed by atoms with van der Waals surface area (Å²) in [6.07, 6.45) is 0. The van der Waals surface area contributed by atoms with Crippen molar-refractivity contribution in [1.82, 2.24) is 24.9 Å². The van der Waals surface area contributed by atoms with Crippen molar-refractivity contribution in [2.75, 3.05) is 0 Å². The zero-order chi connectivity index (χ0) is 28.6. The lowest BCUT2D eigenvalue weighted by Gasteiger charge is -2.13. The Balaban J connectivity index is 1.31. The van der Waals surface area contributed by atoms with E-state index in [-0.39, 0.29) is 0 Å². The van der Waals surface area contributed by atoms with Crippen LogP contribution in [0, 0.1) is 6.92 Å². The maximum atomic E-state index is 5.12. The molecule has 0 radical (unpaired) electrons. The maximum Gasteiger partial charge on any atom is 0.164 e. The molecule has 0 amide bonds. The molecule has 4 aromatic carbocycles. The first-order chi connectivity index (χ1) is 20.5. The first kappa shape index (κ1) is 25.7. The predicted octanol–water partition coefficient (Wildman–Crippen LogP) is 9.07. The van der Waals surface area contributed by atoms with Crippen molar-refractivity contribution in [3.63, 3.8) is 0 Å². The van der Waals surface area contributed by atoms with Crippen LogP contribution in [-0.4, -0.2) is 24.9 Å². The van der Waals surface area contributed by atoms with Gasteiger partial charge in [-0.3, -0.25) is 4.98 Å². The standard InChI is InChI=1S/C37H29N5/c1-23(2)31-22-24(3)38-34-30(31)20-18-26-19-21-32(39-33(26)34)25-14-16-29(17-15-25)37-41-35(27-10-6-4-7-11-27)40-36(42-37)28-12-8-5-9-13-28/h4-23H,1-3H3. The first-order valence-electron chi connectivity index (χ1n) is 14.2. The Morgan fingerprint density at radius 3 is 1.57 bits per heavy atom. The largest absolute Gasteiger partial charge is 0.251 e. The molecule has 0 aliphatic rings. The van der Waals surface area contributed by atoms with Crippen LogP contribution in [0.4, 0.5) is 0 Å². The van der Waals surface area contributed by atoms with E-state index in [0.717, 1.165) is 50.1 Å². The Labute approximate surface area is 245 Å². The molecule has 5 nitrogen and oxygen atoms in total. The fourth-order valence-corrected chi connectivity index (χ4v) is 5.40. The average Bonchev–Trinajstić information content (AvgIpc) is 3.04. The van der Waals surface area contributed by atoms with Crippen molar-refractivity contribution >= 4 is 21.8 Å². The van der Waals surface area contributed by atoms with Crippen LogP contribution in [0.15, 0.2) is 115 Å². The Kier molecular flexibility index (Phi) is 6.48. The Hall–Kier alpha value is -5.29. The number of rotatable bonds is 5. The molecular weight excluding hydrogens is 514 g/mol. The van der Waals surface area contributed by atoms with Gasteiger partial charge in [-0.15, -0.1) is 0 Å². The van der Waals surface area contributed by atoms with Gasteiger partial charge < -0.3 is 0 Å². The third-order valence-electron chi connectivity index (χ3n) is 7.56. The van der Waals surface area contributed by atoms with Crippen LogP contribution < -0.4 is 0 Å². The smallest absolute Gasteiger partial charge is 0.164 e. The van der Waals surface area contributed by atoms with Gasteiger partial charge in [-0.1, -0.05) is 117 Å². The summed E-state index contributed by atoms with van der Waals surface area (Å²) < 4.78 is 0. The zero-order valence-corrected chi connectivity index (χ0v) is 23.8. The molecular formula is C37H29N5. The minimum atomic E-state index is 0.405. The van der Waals surface area contributed by atoms with Crippen molar-refractivity contribution in [1.29, 1.82) is 0 Å². The number of aryl methyl sites for hydroxylation is 1. The quantitative estimate of drug-likeness (QED) is 0.203. The molecule has 0 saturated carbocycles. The van der Waals surface area contributed by atoms with E-state index in [9.17, 15) is 0 Å². The fourth-order valence-electron chi connectivity index (χ4n) is 5.40. The van der Waals surface area contributed by atoms with Gasteiger partial charge in [0.05, 0.1) is 16.7 Å². The third kappa shape index (κ3) is 4.79. The maximum absolute atomic E-state index is 5.12. The summed E-state index contributed by atoms with van der Waals surface area (Å²) in [5.74, 6) is 2.33. The lowest BCUT2D eigenvalue weighted by atomic mass is 9.96. The molecule has 0 fully saturated rings. The van der Waals surface area contributed by atoms with Crippen molar-refractivity contribution in [3.8, 4) is 45.4 Å². The molecule has 7 rings (SSSR count). The van der Waals surface area contributed by atoms with E-state index in [0.29, 0.717) is 23.4 Å². The van der Waals surface area contributed by atoms with E-state index in [1.807, 2.05) is 60.7 Å². The number of hydrogen-bond donors (Lipinski definition) is 0.